The van der Waals surface area contributed by atoms with Crippen LogP contribution < -0.4 is 10.1 Å². The second kappa shape index (κ2) is 10.5. The second-order valence-corrected chi connectivity index (χ2v) is 9.77. The molecule has 2 aromatic rings. The Morgan fingerprint density at radius 3 is 2.56 bits per heavy atom. The largest absolute Gasteiger partial charge is 0.492 e. The Morgan fingerprint density at radius 2 is 1.97 bits per heavy atom. The highest BCUT2D eigenvalue weighted by Gasteiger charge is 2.43. The minimum Gasteiger partial charge on any atom is -0.492 e. The molecule has 1 aromatic carbocycles. The van der Waals surface area contributed by atoms with Crippen LogP contribution in [0.15, 0.2) is 30.3 Å². The van der Waals surface area contributed by atoms with Gasteiger partial charge in [-0.1, -0.05) is 37.1 Å². The lowest BCUT2D eigenvalue weighted by Gasteiger charge is -2.37. The fraction of sp³-hybridized carbons (Fsp3) is 0.458. The molecular weight excluding hydrogens is 450 g/mol. The van der Waals surface area contributed by atoms with Crippen LogP contribution in [0, 0.1) is 5.92 Å². The molecule has 1 fully saturated rings. The molecule has 1 aromatic heterocycles. The number of hydrogen-bond donors (Lipinski definition) is 2. The third kappa shape index (κ3) is 5.70. The summed E-state index contributed by atoms with van der Waals surface area (Å²) in [6.45, 7) is 3.83. The summed E-state index contributed by atoms with van der Waals surface area (Å²) in [5.74, 6) is -0.872. The summed E-state index contributed by atoms with van der Waals surface area (Å²) in [6, 6.07) is 8.97. The van der Waals surface area contributed by atoms with Crippen molar-refractivity contribution in [3.8, 4) is 5.75 Å². The Morgan fingerprint density at radius 1 is 1.25 bits per heavy atom. The maximum absolute atomic E-state index is 12.9. The highest BCUT2D eigenvalue weighted by molar-refractivity contribution is 7.16. The van der Waals surface area contributed by atoms with Crippen molar-refractivity contribution in [3.63, 3.8) is 0 Å². The topological polar surface area (TPSA) is 92.7 Å². The van der Waals surface area contributed by atoms with E-state index in [0.717, 1.165) is 36.2 Å². The maximum Gasteiger partial charge on any atom is 0.329 e. The molecule has 172 valence electrons. The van der Waals surface area contributed by atoms with E-state index in [-0.39, 0.29) is 10.7 Å². The van der Waals surface area contributed by atoms with Gasteiger partial charge in [0.15, 0.2) is 5.78 Å². The number of nitrogens with one attached hydrogen (secondary N) is 1. The Balaban J connectivity index is 1.71. The molecule has 0 radical (unpaired) electrons. The van der Waals surface area contributed by atoms with Gasteiger partial charge in [-0.3, -0.25) is 9.59 Å². The van der Waals surface area contributed by atoms with Gasteiger partial charge >= 0.3 is 5.97 Å². The monoisotopic (exact) mass is 477 g/mol. The zero-order valence-electron chi connectivity index (χ0n) is 18.3. The molecule has 1 amide bonds. The molecule has 0 spiro atoms. The molecule has 6 nitrogen and oxygen atoms in total. The first-order valence-corrected chi connectivity index (χ1v) is 12.0. The SMILES string of the molecule is CC[C@H]1CC[C@](NC(=O)c2cc(OCCc3cccc(Cl)c3)c(C(C)=O)s2)(C(=O)O)CC1. The lowest BCUT2D eigenvalue weighted by Crippen LogP contribution is -2.56. The van der Waals surface area contributed by atoms with Gasteiger partial charge in [0.05, 0.1) is 11.5 Å². The van der Waals surface area contributed by atoms with E-state index in [1.807, 2.05) is 18.2 Å². The number of carbonyl (C=O) groups is 3. The number of rotatable bonds is 9. The van der Waals surface area contributed by atoms with Gasteiger partial charge in [0.2, 0.25) is 0 Å². The molecule has 1 aliphatic rings. The molecule has 0 saturated heterocycles. The molecule has 0 bridgehead atoms. The number of benzene rings is 1. The Labute approximate surface area is 196 Å². The van der Waals surface area contributed by atoms with Crippen molar-refractivity contribution in [2.75, 3.05) is 6.61 Å². The minimum atomic E-state index is -1.27. The fourth-order valence-corrected chi connectivity index (χ4v) is 5.16. The van der Waals surface area contributed by atoms with E-state index in [1.165, 1.54) is 13.0 Å². The molecule has 0 unspecified atom stereocenters. The summed E-state index contributed by atoms with van der Waals surface area (Å²) < 4.78 is 5.81. The molecule has 1 saturated carbocycles. The fourth-order valence-electron chi connectivity index (χ4n) is 4.06. The molecule has 0 aliphatic heterocycles. The van der Waals surface area contributed by atoms with Crippen LogP contribution in [-0.2, 0) is 11.2 Å². The van der Waals surface area contributed by atoms with Crippen LogP contribution >= 0.6 is 22.9 Å². The first-order valence-electron chi connectivity index (χ1n) is 10.8. The first-order chi connectivity index (χ1) is 15.2. The molecule has 32 heavy (non-hydrogen) atoms. The first kappa shape index (κ1) is 24.3. The number of halogens is 1. The summed E-state index contributed by atoms with van der Waals surface area (Å²) in [5, 5.41) is 13.2. The van der Waals surface area contributed by atoms with E-state index in [1.54, 1.807) is 6.07 Å². The zero-order valence-corrected chi connectivity index (χ0v) is 19.9. The van der Waals surface area contributed by atoms with Gasteiger partial charge in [-0.25, -0.2) is 4.79 Å². The van der Waals surface area contributed by atoms with Crippen molar-refractivity contribution >= 4 is 40.6 Å². The van der Waals surface area contributed by atoms with Crippen LogP contribution in [0.5, 0.6) is 5.75 Å². The number of aliphatic carboxylic acids is 1. The number of carboxylic acids is 1. The van der Waals surface area contributed by atoms with Crippen LogP contribution in [0.2, 0.25) is 5.02 Å². The number of ether oxygens (including phenoxy) is 1. The van der Waals surface area contributed by atoms with E-state index in [9.17, 15) is 19.5 Å². The van der Waals surface area contributed by atoms with E-state index in [2.05, 4.69) is 12.2 Å². The van der Waals surface area contributed by atoms with Crippen LogP contribution in [0.1, 0.15) is 70.9 Å². The van der Waals surface area contributed by atoms with E-state index >= 15 is 0 Å². The van der Waals surface area contributed by atoms with Crippen molar-refractivity contribution in [2.45, 2.75) is 57.9 Å². The number of carbonyl (C=O) groups excluding carboxylic acids is 2. The summed E-state index contributed by atoms with van der Waals surface area (Å²) in [6.07, 6.45) is 3.94. The van der Waals surface area contributed by atoms with Crippen molar-refractivity contribution < 1.29 is 24.2 Å². The molecule has 2 N–H and O–H groups in total. The summed E-state index contributed by atoms with van der Waals surface area (Å²) in [7, 11) is 0. The van der Waals surface area contributed by atoms with Gasteiger partial charge < -0.3 is 15.2 Å². The van der Waals surface area contributed by atoms with Crippen molar-refractivity contribution in [1.82, 2.24) is 5.32 Å². The average Bonchev–Trinajstić information content (AvgIpc) is 3.19. The standard InChI is InChI=1S/C24H28ClNO5S/c1-3-16-7-10-24(11-8-16,23(29)30)26-22(28)20-14-19(21(32-20)15(2)27)31-12-9-17-5-4-6-18(25)13-17/h4-6,13-14,16H,3,7-12H2,1-2H3,(H,26,28)(H,29,30)/t16-,24+. The number of carboxylic acid groups (broad SMARTS) is 1. The second-order valence-electron chi connectivity index (χ2n) is 8.28. The summed E-state index contributed by atoms with van der Waals surface area (Å²) >= 11 is 7.03. The predicted molar refractivity (Wildman–Crippen MR) is 125 cm³/mol. The molecular formula is C24H28ClNO5S. The van der Waals surface area contributed by atoms with E-state index in [0.29, 0.717) is 47.4 Å². The summed E-state index contributed by atoms with van der Waals surface area (Å²) in [5.41, 5.74) is -0.266. The summed E-state index contributed by atoms with van der Waals surface area (Å²) in [4.78, 5) is 37.7. The number of hydrogen-bond acceptors (Lipinski definition) is 5. The Bertz CT molecular complexity index is 994. The van der Waals surface area contributed by atoms with Crippen molar-refractivity contribution in [3.05, 3.63) is 50.7 Å². The number of thiophene rings is 1. The Kier molecular flexibility index (Phi) is 7.96. The quantitative estimate of drug-likeness (QED) is 0.473. The van der Waals surface area contributed by atoms with Gasteiger partial charge in [0, 0.05) is 24.4 Å². The number of Topliss-reactive ketones (excluding diaryl/α,β-unsaturated/α-hetero) is 1. The van der Waals surface area contributed by atoms with Gasteiger partial charge in [-0.15, -0.1) is 11.3 Å². The third-order valence-corrected chi connectivity index (χ3v) is 7.53. The highest BCUT2D eigenvalue weighted by atomic mass is 35.5. The van der Waals surface area contributed by atoms with Crippen LogP contribution in [0.3, 0.4) is 0 Å². The van der Waals surface area contributed by atoms with Crippen LogP contribution in [-0.4, -0.2) is 34.9 Å². The highest BCUT2D eigenvalue weighted by Crippen LogP contribution is 2.35. The lowest BCUT2D eigenvalue weighted by molar-refractivity contribution is -0.146. The third-order valence-electron chi connectivity index (χ3n) is 6.08. The van der Waals surface area contributed by atoms with Gasteiger partial charge in [0.1, 0.15) is 16.2 Å². The minimum absolute atomic E-state index is 0.205. The van der Waals surface area contributed by atoms with Crippen molar-refractivity contribution in [2.24, 2.45) is 5.92 Å². The molecule has 1 aliphatic carbocycles. The van der Waals surface area contributed by atoms with E-state index < -0.39 is 17.4 Å². The molecule has 3 rings (SSSR count). The molecule has 8 heteroatoms. The average molecular weight is 478 g/mol. The smallest absolute Gasteiger partial charge is 0.329 e. The zero-order chi connectivity index (χ0) is 23.3. The van der Waals surface area contributed by atoms with Gasteiger partial charge in [0.25, 0.3) is 5.91 Å². The molecule has 1 heterocycles. The van der Waals surface area contributed by atoms with Gasteiger partial charge in [-0.05, 0) is 49.3 Å². The molecule has 0 atom stereocenters. The lowest BCUT2D eigenvalue weighted by atomic mass is 9.75. The number of amides is 1. The van der Waals surface area contributed by atoms with Crippen LogP contribution in [0.4, 0.5) is 0 Å². The van der Waals surface area contributed by atoms with Gasteiger partial charge in [-0.2, -0.15) is 0 Å². The Hall–Kier alpha value is -2.38. The number of ketones is 1. The normalized spacial score (nSPS) is 20.5. The van der Waals surface area contributed by atoms with Crippen molar-refractivity contribution in [1.29, 1.82) is 0 Å². The van der Waals surface area contributed by atoms with E-state index in [4.69, 9.17) is 16.3 Å². The van der Waals surface area contributed by atoms with Crippen LogP contribution in [0.25, 0.3) is 0 Å². The maximum atomic E-state index is 12.9. The predicted octanol–water partition coefficient (Wildman–Crippen LogP) is 5.38.